The summed E-state index contributed by atoms with van der Waals surface area (Å²) in [7, 11) is 2.07. The molecule has 0 spiro atoms. The normalized spacial score (nSPS) is 14.0. The molecule has 0 N–H and O–H groups in total. The molecule has 178 valence electrons. The van der Waals surface area contributed by atoms with Crippen LogP contribution in [0.1, 0.15) is 24.0 Å². The van der Waals surface area contributed by atoms with Gasteiger partial charge in [0.15, 0.2) is 0 Å². The lowest BCUT2D eigenvalue weighted by molar-refractivity contribution is 0.949. The highest BCUT2D eigenvalue weighted by Gasteiger charge is 2.14. The predicted molar refractivity (Wildman–Crippen MR) is 147 cm³/mol. The van der Waals surface area contributed by atoms with Crippen molar-refractivity contribution < 1.29 is 0 Å². The van der Waals surface area contributed by atoms with Gasteiger partial charge in [-0.3, -0.25) is 0 Å². The molecular formula is C26H27N7S2. The predicted octanol–water partition coefficient (Wildman–Crippen LogP) is 9.02. The fourth-order valence-corrected chi connectivity index (χ4v) is 5.46. The van der Waals surface area contributed by atoms with Gasteiger partial charge in [0, 0.05) is 43.1 Å². The van der Waals surface area contributed by atoms with E-state index in [0.29, 0.717) is 5.13 Å². The van der Waals surface area contributed by atoms with Gasteiger partial charge in [-0.1, -0.05) is 11.3 Å². The van der Waals surface area contributed by atoms with E-state index in [4.69, 9.17) is 0 Å². The standard InChI is InChI=1S/C26H27N7S2/c1-18-17-21(7-8-22(18)29-31-26-27-12-15-34-26)32(3)23-9-6-20(16-19(23)2)28-30-24-10-11-25(35-24)33-13-4-5-14-33/h6-12,15-17H,4-5,13-14H2,1-3H3/b30-28+,31-29+. The highest BCUT2D eigenvalue weighted by atomic mass is 32.1. The number of anilines is 3. The first kappa shape index (κ1) is 23.3. The maximum atomic E-state index is 4.49. The van der Waals surface area contributed by atoms with Crippen LogP contribution in [0.5, 0.6) is 0 Å². The van der Waals surface area contributed by atoms with E-state index >= 15 is 0 Å². The van der Waals surface area contributed by atoms with Crippen LogP contribution in [-0.4, -0.2) is 25.1 Å². The molecule has 0 amide bonds. The van der Waals surface area contributed by atoms with Crippen molar-refractivity contribution >= 4 is 60.6 Å². The van der Waals surface area contributed by atoms with Crippen LogP contribution in [0, 0.1) is 13.8 Å². The van der Waals surface area contributed by atoms with Gasteiger partial charge < -0.3 is 9.80 Å². The number of thiophene rings is 1. The third kappa shape index (κ3) is 5.47. The quantitative estimate of drug-likeness (QED) is 0.237. The van der Waals surface area contributed by atoms with Crippen LogP contribution in [0.15, 0.2) is 80.6 Å². The number of rotatable bonds is 7. The maximum absolute atomic E-state index is 4.49. The number of hydrogen-bond donors (Lipinski definition) is 0. The zero-order chi connectivity index (χ0) is 24.2. The Morgan fingerprint density at radius 1 is 0.886 bits per heavy atom. The lowest BCUT2D eigenvalue weighted by atomic mass is 10.1. The molecule has 0 aliphatic carbocycles. The summed E-state index contributed by atoms with van der Waals surface area (Å²) in [5.74, 6) is 0. The van der Waals surface area contributed by atoms with Crippen molar-refractivity contribution in [1.29, 1.82) is 0 Å². The van der Waals surface area contributed by atoms with Gasteiger partial charge in [-0.15, -0.1) is 31.8 Å². The number of aromatic nitrogens is 1. The van der Waals surface area contributed by atoms with E-state index in [9.17, 15) is 0 Å². The van der Waals surface area contributed by atoms with Crippen molar-refractivity contribution in [2.24, 2.45) is 20.5 Å². The largest absolute Gasteiger partial charge is 0.363 e. The Balaban J connectivity index is 1.28. The van der Waals surface area contributed by atoms with E-state index in [1.807, 2.05) is 24.4 Å². The average Bonchev–Trinajstić information content (AvgIpc) is 3.64. The Bertz CT molecular complexity index is 1350. The second kappa shape index (κ2) is 10.5. The molecule has 1 aliphatic heterocycles. The minimum Gasteiger partial charge on any atom is -0.363 e. The number of aryl methyl sites for hydroxylation is 2. The minimum absolute atomic E-state index is 0.657. The first-order valence-corrected chi connectivity index (χ1v) is 13.3. The molecule has 5 rings (SSSR count). The third-order valence-electron chi connectivity index (χ3n) is 6.03. The summed E-state index contributed by atoms with van der Waals surface area (Å²) in [5.41, 5.74) is 6.09. The van der Waals surface area contributed by atoms with Crippen LogP contribution in [0.2, 0.25) is 0 Å². The van der Waals surface area contributed by atoms with Gasteiger partial charge in [-0.05, 0) is 86.3 Å². The third-order valence-corrected chi connectivity index (χ3v) is 7.72. The van der Waals surface area contributed by atoms with Gasteiger partial charge in [0.25, 0.3) is 0 Å². The van der Waals surface area contributed by atoms with E-state index in [0.717, 1.165) is 52.0 Å². The van der Waals surface area contributed by atoms with Crippen LogP contribution in [-0.2, 0) is 0 Å². The summed E-state index contributed by atoms with van der Waals surface area (Å²) in [4.78, 5) is 8.75. The van der Waals surface area contributed by atoms with E-state index in [2.05, 4.69) is 85.6 Å². The van der Waals surface area contributed by atoms with Gasteiger partial charge in [-0.2, -0.15) is 0 Å². The van der Waals surface area contributed by atoms with Gasteiger partial charge >= 0.3 is 0 Å². The molecule has 1 saturated heterocycles. The molecule has 1 fully saturated rings. The molecule has 0 radical (unpaired) electrons. The van der Waals surface area contributed by atoms with Gasteiger partial charge in [0.05, 0.1) is 16.4 Å². The molecule has 7 nitrogen and oxygen atoms in total. The first-order valence-electron chi connectivity index (χ1n) is 11.6. The SMILES string of the molecule is Cc1cc(N(C)c2ccc(/N=N/c3ccc(N4CCCC4)s3)cc2C)ccc1/N=N/c1nccs1. The summed E-state index contributed by atoms with van der Waals surface area (Å²) in [6, 6.07) is 16.6. The monoisotopic (exact) mass is 501 g/mol. The van der Waals surface area contributed by atoms with Crippen LogP contribution in [0.4, 0.5) is 37.9 Å². The van der Waals surface area contributed by atoms with Crippen molar-refractivity contribution in [3.8, 4) is 0 Å². The number of thiazole rings is 1. The van der Waals surface area contributed by atoms with Crippen LogP contribution in [0.25, 0.3) is 0 Å². The highest BCUT2D eigenvalue weighted by molar-refractivity contribution is 7.19. The fourth-order valence-electron chi connectivity index (χ4n) is 4.13. The molecule has 35 heavy (non-hydrogen) atoms. The Kier molecular flexibility index (Phi) is 6.96. The summed E-state index contributed by atoms with van der Waals surface area (Å²) >= 11 is 3.17. The molecule has 2 aromatic carbocycles. The Morgan fingerprint density at radius 3 is 2.49 bits per heavy atom. The zero-order valence-electron chi connectivity index (χ0n) is 20.0. The fraction of sp³-hybridized carbons (Fsp3) is 0.269. The van der Waals surface area contributed by atoms with Crippen molar-refractivity contribution in [3.63, 3.8) is 0 Å². The van der Waals surface area contributed by atoms with Crippen LogP contribution >= 0.6 is 22.7 Å². The number of hydrogen-bond acceptors (Lipinski definition) is 9. The summed E-state index contributed by atoms with van der Waals surface area (Å²) in [5, 5.41) is 22.3. The molecule has 1 aliphatic rings. The molecule has 4 aromatic rings. The van der Waals surface area contributed by atoms with E-state index in [1.165, 1.54) is 29.2 Å². The summed E-state index contributed by atoms with van der Waals surface area (Å²) in [6.07, 6.45) is 4.28. The lowest BCUT2D eigenvalue weighted by Gasteiger charge is -2.22. The smallest absolute Gasteiger partial charge is 0.229 e. The molecule has 0 atom stereocenters. The van der Waals surface area contributed by atoms with Gasteiger partial charge in [0.1, 0.15) is 5.00 Å². The average molecular weight is 502 g/mol. The van der Waals surface area contributed by atoms with E-state index in [1.54, 1.807) is 17.5 Å². The molecule has 0 bridgehead atoms. The molecule has 3 heterocycles. The Labute approximate surface area is 213 Å². The second-order valence-electron chi connectivity index (χ2n) is 8.52. The molecule has 9 heteroatoms. The minimum atomic E-state index is 0.657. The van der Waals surface area contributed by atoms with Crippen molar-refractivity contribution in [2.45, 2.75) is 26.7 Å². The Hall–Kier alpha value is -3.43. The van der Waals surface area contributed by atoms with Crippen molar-refractivity contribution in [2.75, 3.05) is 29.9 Å². The number of nitrogens with zero attached hydrogens (tertiary/aromatic N) is 7. The van der Waals surface area contributed by atoms with Crippen molar-refractivity contribution in [3.05, 3.63) is 71.2 Å². The lowest BCUT2D eigenvalue weighted by Crippen LogP contribution is -2.15. The molecule has 0 unspecified atom stereocenters. The van der Waals surface area contributed by atoms with E-state index < -0.39 is 0 Å². The van der Waals surface area contributed by atoms with Crippen molar-refractivity contribution in [1.82, 2.24) is 4.98 Å². The summed E-state index contributed by atoms with van der Waals surface area (Å²) in [6.45, 7) is 6.43. The Morgan fingerprint density at radius 2 is 1.74 bits per heavy atom. The zero-order valence-corrected chi connectivity index (χ0v) is 21.7. The second-order valence-corrected chi connectivity index (χ2v) is 10.4. The molecule has 0 saturated carbocycles. The maximum Gasteiger partial charge on any atom is 0.229 e. The van der Waals surface area contributed by atoms with Gasteiger partial charge in [0.2, 0.25) is 5.13 Å². The topological polar surface area (TPSA) is 68.8 Å². The van der Waals surface area contributed by atoms with Crippen LogP contribution < -0.4 is 9.80 Å². The number of azo groups is 2. The number of benzene rings is 2. The van der Waals surface area contributed by atoms with Crippen LogP contribution in [0.3, 0.4) is 0 Å². The van der Waals surface area contributed by atoms with E-state index in [-0.39, 0.29) is 0 Å². The highest BCUT2D eigenvalue weighted by Crippen LogP contribution is 2.36. The molecular weight excluding hydrogens is 474 g/mol. The molecule has 2 aromatic heterocycles. The first-order chi connectivity index (χ1) is 17.1. The summed E-state index contributed by atoms with van der Waals surface area (Å²) < 4.78 is 0. The van der Waals surface area contributed by atoms with Gasteiger partial charge in [-0.25, -0.2) is 4.98 Å².